The van der Waals surface area contributed by atoms with E-state index in [2.05, 4.69) is 15.0 Å². The highest BCUT2D eigenvalue weighted by Gasteiger charge is 2.20. The van der Waals surface area contributed by atoms with E-state index in [0.717, 1.165) is 5.69 Å². The Morgan fingerprint density at radius 3 is 2.70 bits per heavy atom. The molecule has 0 atom stereocenters. The van der Waals surface area contributed by atoms with E-state index in [4.69, 9.17) is 4.74 Å². The molecule has 9 heteroatoms. The van der Waals surface area contributed by atoms with Crippen LogP contribution in [-0.4, -0.2) is 33.0 Å². The van der Waals surface area contributed by atoms with Crippen molar-refractivity contribution in [1.29, 1.82) is 0 Å². The van der Waals surface area contributed by atoms with Gasteiger partial charge >= 0.3 is 0 Å². The van der Waals surface area contributed by atoms with Gasteiger partial charge in [0.25, 0.3) is 5.91 Å². The van der Waals surface area contributed by atoms with Crippen molar-refractivity contribution in [2.24, 2.45) is 0 Å². The Kier molecular flexibility index (Phi) is 5.34. The van der Waals surface area contributed by atoms with E-state index in [1.165, 1.54) is 36.6 Å². The van der Waals surface area contributed by atoms with Crippen molar-refractivity contribution in [3.8, 4) is 5.75 Å². The zero-order valence-electron chi connectivity index (χ0n) is 12.9. The van der Waals surface area contributed by atoms with E-state index >= 15 is 0 Å². The van der Waals surface area contributed by atoms with Gasteiger partial charge in [0.1, 0.15) is 5.75 Å². The van der Waals surface area contributed by atoms with Crippen LogP contribution in [0.15, 0.2) is 28.5 Å². The van der Waals surface area contributed by atoms with Crippen LogP contribution in [-0.2, 0) is 10.0 Å². The summed E-state index contributed by atoms with van der Waals surface area (Å²) in [7, 11) is -2.24. The number of benzene rings is 1. The smallest absolute Gasteiger partial charge is 0.261 e. The van der Waals surface area contributed by atoms with Crippen LogP contribution in [0.4, 0.5) is 5.13 Å². The van der Waals surface area contributed by atoms with Gasteiger partial charge in [-0.15, -0.1) is 11.3 Å². The third kappa shape index (κ3) is 4.06. The van der Waals surface area contributed by atoms with Gasteiger partial charge in [0.15, 0.2) is 5.13 Å². The van der Waals surface area contributed by atoms with Crippen LogP contribution in [0.25, 0.3) is 0 Å². The fourth-order valence-electron chi connectivity index (χ4n) is 1.88. The lowest BCUT2D eigenvalue weighted by Crippen LogP contribution is -2.23. The maximum absolute atomic E-state index is 12.4. The zero-order valence-corrected chi connectivity index (χ0v) is 14.5. The summed E-state index contributed by atoms with van der Waals surface area (Å²) in [6, 6.07) is 4.13. The molecule has 0 spiro atoms. The molecule has 1 heterocycles. The highest BCUT2D eigenvalue weighted by atomic mass is 32.2. The second kappa shape index (κ2) is 7.07. The average molecular weight is 355 g/mol. The second-order valence-electron chi connectivity index (χ2n) is 4.61. The lowest BCUT2D eigenvalue weighted by Gasteiger charge is -2.11. The lowest BCUT2D eigenvalue weighted by molar-refractivity contribution is 0.102. The fraction of sp³-hybridized carbons (Fsp3) is 0.286. The molecule has 0 radical (unpaired) electrons. The highest BCUT2D eigenvalue weighted by Crippen LogP contribution is 2.24. The number of hydrogen-bond donors (Lipinski definition) is 2. The quantitative estimate of drug-likeness (QED) is 0.826. The summed E-state index contributed by atoms with van der Waals surface area (Å²) in [5, 5.41) is 4.88. The van der Waals surface area contributed by atoms with Gasteiger partial charge in [0, 0.05) is 11.9 Å². The number of amides is 1. The van der Waals surface area contributed by atoms with Gasteiger partial charge in [-0.25, -0.2) is 18.1 Å². The van der Waals surface area contributed by atoms with Gasteiger partial charge in [-0.05, 0) is 25.1 Å². The van der Waals surface area contributed by atoms with Crippen molar-refractivity contribution in [2.75, 3.05) is 19.0 Å². The lowest BCUT2D eigenvalue weighted by atomic mass is 10.2. The van der Waals surface area contributed by atoms with E-state index in [-0.39, 0.29) is 22.8 Å². The molecular weight excluding hydrogens is 338 g/mol. The molecule has 2 N–H and O–H groups in total. The molecule has 2 rings (SSSR count). The Bertz CT molecular complexity index is 815. The molecule has 2 aromatic rings. The number of methoxy groups -OCH3 is 1. The SMILES string of the molecule is CCNS(=O)(=O)c1ccc(OC)c(C(=O)Nc2nc(C)cs2)c1. The minimum absolute atomic E-state index is 0.000573. The van der Waals surface area contributed by atoms with Crippen molar-refractivity contribution < 1.29 is 17.9 Å². The number of anilines is 1. The Hall–Kier alpha value is -1.97. The molecule has 1 aromatic heterocycles. The summed E-state index contributed by atoms with van der Waals surface area (Å²) in [5.74, 6) is -0.198. The second-order valence-corrected chi connectivity index (χ2v) is 7.24. The van der Waals surface area contributed by atoms with Crippen LogP contribution >= 0.6 is 11.3 Å². The van der Waals surface area contributed by atoms with Crippen molar-refractivity contribution >= 4 is 32.4 Å². The molecule has 23 heavy (non-hydrogen) atoms. The Morgan fingerprint density at radius 1 is 1.39 bits per heavy atom. The van der Waals surface area contributed by atoms with Crippen molar-refractivity contribution in [1.82, 2.24) is 9.71 Å². The molecule has 7 nitrogen and oxygen atoms in total. The standard InChI is InChI=1S/C14H17N3O4S2/c1-4-15-23(19,20)10-5-6-12(21-3)11(7-10)13(18)17-14-16-9(2)8-22-14/h5-8,15H,4H2,1-3H3,(H,16,17,18). The van der Waals surface area contributed by atoms with E-state index in [1.807, 2.05) is 6.92 Å². The Balaban J connectivity index is 2.37. The molecule has 0 aliphatic rings. The van der Waals surface area contributed by atoms with Crippen molar-refractivity contribution in [2.45, 2.75) is 18.7 Å². The highest BCUT2D eigenvalue weighted by molar-refractivity contribution is 7.89. The normalized spacial score (nSPS) is 11.3. The van der Waals surface area contributed by atoms with Crippen LogP contribution in [0.1, 0.15) is 23.0 Å². The van der Waals surface area contributed by atoms with E-state index < -0.39 is 15.9 Å². The third-order valence-corrected chi connectivity index (χ3v) is 5.32. The summed E-state index contributed by atoms with van der Waals surface area (Å²) < 4.78 is 31.7. The molecule has 0 saturated carbocycles. The topological polar surface area (TPSA) is 97.4 Å². The minimum atomic E-state index is -3.66. The van der Waals surface area contributed by atoms with Gasteiger partial charge < -0.3 is 4.74 Å². The number of thiazole rings is 1. The molecule has 0 unspecified atom stereocenters. The number of ether oxygens (including phenoxy) is 1. The molecule has 0 fully saturated rings. The number of rotatable bonds is 6. The van der Waals surface area contributed by atoms with Gasteiger partial charge in [-0.3, -0.25) is 10.1 Å². The number of carbonyl (C=O) groups is 1. The van der Waals surface area contributed by atoms with E-state index in [0.29, 0.717) is 5.13 Å². The van der Waals surface area contributed by atoms with Gasteiger partial charge in [-0.2, -0.15) is 0 Å². The number of carbonyl (C=O) groups excluding carboxylic acids is 1. The molecule has 1 aromatic carbocycles. The number of aryl methyl sites for hydroxylation is 1. The first-order chi connectivity index (χ1) is 10.9. The molecule has 0 saturated heterocycles. The molecule has 0 bridgehead atoms. The largest absolute Gasteiger partial charge is 0.496 e. The third-order valence-electron chi connectivity index (χ3n) is 2.90. The molecule has 0 aliphatic heterocycles. The summed E-state index contributed by atoms with van der Waals surface area (Å²) >= 11 is 1.29. The van der Waals surface area contributed by atoms with E-state index in [1.54, 1.807) is 12.3 Å². The number of nitrogens with one attached hydrogen (secondary N) is 2. The molecular formula is C14H17N3O4S2. The Labute approximate surface area is 138 Å². The summed E-state index contributed by atoms with van der Waals surface area (Å²) in [6.07, 6.45) is 0. The minimum Gasteiger partial charge on any atom is -0.496 e. The predicted octanol–water partition coefficient (Wildman–Crippen LogP) is 2.01. The number of nitrogens with zero attached hydrogens (tertiary/aromatic N) is 1. The van der Waals surface area contributed by atoms with Crippen LogP contribution in [0.3, 0.4) is 0 Å². The Morgan fingerprint density at radius 2 is 2.13 bits per heavy atom. The first-order valence-corrected chi connectivity index (χ1v) is 9.15. The maximum Gasteiger partial charge on any atom is 0.261 e. The predicted molar refractivity (Wildman–Crippen MR) is 88.7 cm³/mol. The number of sulfonamides is 1. The van der Waals surface area contributed by atoms with Gasteiger partial charge in [0.2, 0.25) is 10.0 Å². The monoisotopic (exact) mass is 355 g/mol. The fourth-order valence-corrected chi connectivity index (χ4v) is 3.63. The average Bonchev–Trinajstić information content (AvgIpc) is 2.91. The maximum atomic E-state index is 12.4. The number of aromatic nitrogens is 1. The van der Waals surface area contributed by atoms with Crippen molar-refractivity contribution in [3.05, 3.63) is 34.8 Å². The van der Waals surface area contributed by atoms with Crippen LogP contribution in [0, 0.1) is 6.92 Å². The molecule has 1 amide bonds. The molecule has 0 aliphatic carbocycles. The van der Waals surface area contributed by atoms with Crippen LogP contribution in [0.2, 0.25) is 0 Å². The van der Waals surface area contributed by atoms with Crippen molar-refractivity contribution in [3.63, 3.8) is 0 Å². The molecule has 124 valence electrons. The van der Waals surface area contributed by atoms with Gasteiger partial charge in [-0.1, -0.05) is 6.92 Å². The first-order valence-electron chi connectivity index (χ1n) is 6.78. The summed E-state index contributed by atoms with van der Waals surface area (Å²) in [5.41, 5.74) is 0.917. The van der Waals surface area contributed by atoms with Crippen LogP contribution in [0.5, 0.6) is 5.75 Å². The zero-order chi connectivity index (χ0) is 17.0. The summed E-state index contributed by atoms with van der Waals surface area (Å²) in [4.78, 5) is 16.5. The van der Waals surface area contributed by atoms with Gasteiger partial charge in [0.05, 0.1) is 23.3 Å². The summed E-state index contributed by atoms with van der Waals surface area (Å²) in [6.45, 7) is 3.75. The number of hydrogen-bond acceptors (Lipinski definition) is 6. The van der Waals surface area contributed by atoms with Crippen LogP contribution < -0.4 is 14.8 Å². The van der Waals surface area contributed by atoms with E-state index in [9.17, 15) is 13.2 Å². The first kappa shape index (κ1) is 17.4.